The van der Waals surface area contributed by atoms with Crippen LogP contribution in [-0.4, -0.2) is 29.1 Å². The highest BCUT2D eigenvalue weighted by atomic mass is 15.1. The minimum Gasteiger partial charge on any atom is -0.345 e. The van der Waals surface area contributed by atoms with E-state index < -0.39 is 0 Å². The number of aromatic nitrogens is 6. The van der Waals surface area contributed by atoms with Crippen molar-refractivity contribution >= 4 is 11.0 Å². The summed E-state index contributed by atoms with van der Waals surface area (Å²) < 4.78 is 4.16. The molecule has 116 valence electrons. The fourth-order valence-corrected chi connectivity index (χ4v) is 2.98. The Balaban J connectivity index is 1.98. The molecule has 0 atom stereocenters. The van der Waals surface area contributed by atoms with Gasteiger partial charge in [-0.3, -0.25) is 4.57 Å². The lowest BCUT2D eigenvalue weighted by atomic mass is 10.1. The van der Waals surface area contributed by atoms with Gasteiger partial charge in [0.05, 0.1) is 29.2 Å². The molecule has 0 aliphatic carbocycles. The molecule has 6 nitrogen and oxygen atoms in total. The maximum atomic E-state index is 4.55. The van der Waals surface area contributed by atoms with Crippen LogP contribution in [0.2, 0.25) is 0 Å². The number of hydrogen-bond donors (Lipinski definition) is 1. The quantitative estimate of drug-likeness (QED) is 0.619. The molecule has 0 aliphatic rings. The zero-order chi connectivity index (χ0) is 16.1. The molecule has 0 aliphatic heterocycles. The van der Waals surface area contributed by atoms with E-state index in [0.717, 1.165) is 34.1 Å². The molecule has 0 saturated carbocycles. The van der Waals surface area contributed by atoms with Crippen molar-refractivity contribution < 1.29 is 0 Å². The minimum atomic E-state index is 0.884. The summed E-state index contributed by atoms with van der Waals surface area (Å²) in [6.45, 7) is 6.22. The largest absolute Gasteiger partial charge is 0.345 e. The molecule has 0 unspecified atom stereocenters. The number of rotatable bonds is 2. The number of aryl methyl sites for hydroxylation is 2. The van der Waals surface area contributed by atoms with E-state index in [4.69, 9.17) is 0 Å². The Morgan fingerprint density at radius 2 is 1.87 bits per heavy atom. The molecule has 1 N–H and O–H groups in total. The van der Waals surface area contributed by atoms with Crippen molar-refractivity contribution in [1.29, 1.82) is 0 Å². The van der Waals surface area contributed by atoms with Crippen LogP contribution in [0.25, 0.3) is 28.2 Å². The minimum absolute atomic E-state index is 0.884. The Kier molecular flexibility index (Phi) is 2.87. The van der Waals surface area contributed by atoms with Crippen LogP contribution in [0.5, 0.6) is 0 Å². The molecule has 0 fully saturated rings. The van der Waals surface area contributed by atoms with Crippen LogP contribution in [0.4, 0.5) is 0 Å². The van der Waals surface area contributed by atoms with Crippen molar-refractivity contribution in [3.63, 3.8) is 0 Å². The van der Waals surface area contributed by atoms with Gasteiger partial charge in [-0.2, -0.15) is 0 Å². The Morgan fingerprint density at radius 1 is 1.04 bits per heavy atom. The molecule has 0 amide bonds. The highest BCUT2D eigenvalue weighted by Gasteiger charge is 2.16. The van der Waals surface area contributed by atoms with Gasteiger partial charge < -0.3 is 9.55 Å². The van der Waals surface area contributed by atoms with Gasteiger partial charge >= 0.3 is 0 Å². The highest BCUT2D eigenvalue weighted by Crippen LogP contribution is 2.29. The van der Waals surface area contributed by atoms with Crippen molar-refractivity contribution in [1.82, 2.24) is 29.1 Å². The smallest absolute Gasteiger partial charge is 0.162 e. The van der Waals surface area contributed by atoms with Gasteiger partial charge in [0.2, 0.25) is 0 Å². The highest BCUT2D eigenvalue weighted by molar-refractivity contribution is 5.83. The first-order valence-electron chi connectivity index (χ1n) is 7.53. The number of fused-ring (bicyclic) bond motifs is 1. The van der Waals surface area contributed by atoms with E-state index in [1.54, 1.807) is 6.33 Å². The summed E-state index contributed by atoms with van der Waals surface area (Å²) in [5.41, 5.74) is 6.52. The van der Waals surface area contributed by atoms with E-state index in [1.807, 2.05) is 32.6 Å². The molecule has 4 rings (SSSR count). The molecular weight excluding hydrogens is 288 g/mol. The molecule has 4 aromatic rings. The molecule has 0 spiro atoms. The second-order valence-corrected chi connectivity index (χ2v) is 5.81. The fraction of sp³-hybridized carbons (Fsp3) is 0.235. The summed E-state index contributed by atoms with van der Waals surface area (Å²) in [7, 11) is 2.01. The van der Waals surface area contributed by atoms with Crippen LogP contribution in [0.1, 0.15) is 17.0 Å². The molecule has 6 heteroatoms. The first kappa shape index (κ1) is 13.8. The third-order valence-corrected chi connectivity index (χ3v) is 4.60. The third kappa shape index (κ3) is 1.91. The van der Waals surface area contributed by atoms with Gasteiger partial charge in [0.25, 0.3) is 0 Å². The van der Waals surface area contributed by atoms with Crippen LogP contribution in [0, 0.1) is 20.8 Å². The molecule has 1 aromatic carbocycles. The zero-order valence-electron chi connectivity index (χ0n) is 13.6. The van der Waals surface area contributed by atoms with E-state index in [2.05, 4.69) is 49.0 Å². The fourth-order valence-electron chi connectivity index (χ4n) is 2.98. The lowest BCUT2D eigenvalue weighted by molar-refractivity contribution is 0.852. The summed E-state index contributed by atoms with van der Waals surface area (Å²) >= 11 is 0. The second-order valence-electron chi connectivity index (χ2n) is 5.81. The Hall–Kier alpha value is -2.89. The van der Waals surface area contributed by atoms with Gasteiger partial charge in [0.1, 0.15) is 11.5 Å². The average molecular weight is 306 g/mol. The predicted octanol–water partition coefficient (Wildman–Crippen LogP) is 3.07. The first-order chi connectivity index (χ1) is 11.1. The summed E-state index contributed by atoms with van der Waals surface area (Å²) in [6.07, 6.45) is 7.41. The van der Waals surface area contributed by atoms with Crippen LogP contribution >= 0.6 is 0 Å². The number of nitrogens with zero attached hydrogens (tertiary/aromatic N) is 5. The van der Waals surface area contributed by atoms with E-state index in [1.165, 1.54) is 11.1 Å². The number of imidazole rings is 3. The monoisotopic (exact) mass is 306 g/mol. The lowest BCUT2D eigenvalue weighted by Crippen LogP contribution is -2.04. The van der Waals surface area contributed by atoms with Gasteiger partial charge in [-0.15, -0.1) is 0 Å². The Labute approximate surface area is 133 Å². The zero-order valence-corrected chi connectivity index (χ0v) is 13.6. The summed E-state index contributed by atoms with van der Waals surface area (Å²) in [4.78, 5) is 16.5. The number of hydrogen-bond acceptors (Lipinski definition) is 3. The molecule has 23 heavy (non-hydrogen) atoms. The van der Waals surface area contributed by atoms with Crippen LogP contribution in [0.3, 0.4) is 0 Å². The van der Waals surface area contributed by atoms with Gasteiger partial charge in [-0.05, 0) is 38.0 Å². The summed E-state index contributed by atoms with van der Waals surface area (Å²) in [5, 5.41) is 0. The molecular formula is C17H18N6. The third-order valence-electron chi connectivity index (χ3n) is 4.60. The van der Waals surface area contributed by atoms with Gasteiger partial charge in [0.15, 0.2) is 5.82 Å². The normalized spacial score (nSPS) is 11.5. The standard InChI is InChI=1S/C17H18N6/c1-10-11(2)16-13(20-9-21-16)7-14(10)23-6-5-18-17(23)15-8-19-12(3)22(15)4/h5-9H,1-4H3,(H,20,21). The summed E-state index contributed by atoms with van der Waals surface area (Å²) in [6, 6.07) is 2.12. The van der Waals surface area contributed by atoms with Crippen LogP contribution < -0.4 is 0 Å². The number of aromatic amines is 1. The predicted molar refractivity (Wildman–Crippen MR) is 89.6 cm³/mol. The van der Waals surface area contributed by atoms with E-state index in [0.29, 0.717) is 0 Å². The molecule has 0 saturated heterocycles. The maximum Gasteiger partial charge on any atom is 0.162 e. The van der Waals surface area contributed by atoms with E-state index in [9.17, 15) is 0 Å². The van der Waals surface area contributed by atoms with Gasteiger partial charge in [-0.1, -0.05) is 0 Å². The van der Waals surface area contributed by atoms with Crippen molar-refractivity contribution in [2.75, 3.05) is 0 Å². The lowest BCUT2D eigenvalue weighted by Gasteiger charge is -2.14. The van der Waals surface area contributed by atoms with Crippen molar-refractivity contribution in [2.45, 2.75) is 20.8 Å². The van der Waals surface area contributed by atoms with Crippen LogP contribution in [0.15, 0.2) is 31.0 Å². The average Bonchev–Trinajstić information content (AvgIpc) is 3.24. The molecule has 3 aromatic heterocycles. The van der Waals surface area contributed by atoms with Gasteiger partial charge in [0, 0.05) is 19.4 Å². The Morgan fingerprint density at radius 3 is 2.61 bits per heavy atom. The number of H-pyrrole nitrogens is 1. The molecule has 0 radical (unpaired) electrons. The Bertz CT molecular complexity index is 1020. The molecule has 3 heterocycles. The summed E-state index contributed by atoms with van der Waals surface area (Å²) in [5.74, 6) is 1.85. The number of benzene rings is 1. The topological polar surface area (TPSA) is 64.3 Å². The van der Waals surface area contributed by atoms with Crippen molar-refractivity contribution in [3.05, 3.63) is 47.9 Å². The van der Waals surface area contributed by atoms with E-state index >= 15 is 0 Å². The van der Waals surface area contributed by atoms with Crippen molar-refractivity contribution in [3.8, 4) is 17.2 Å². The second kappa shape index (κ2) is 4.81. The first-order valence-corrected chi connectivity index (χ1v) is 7.53. The van der Waals surface area contributed by atoms with Gasteiger partial charge in [-0.25, -0.2) is 15.0 Å². The molecule has 0 bridgehead atoms. The van der Waals surface area contributed by atoms with Crippen LogP contribution in [-0.2, 0) is 7.05 Å². The SMILES string of the molecule is Cc1c(-n2ccnc2-c2cnc(C)n2C)cc2[nH]cnc2c1C. The van der Waals surface area contributed by atoms with Crippen molar-refractivity contribution in [2.24, 2.45) is 7.05 Å². The van der Waals surface area contributed by atoms with E-state index in [-0.39, 0.29) is 0 Å². The maximum absolute atomic E-state index is 4.55. The number of nitrogens with one attached hydrogen (secondary N) is 1.